The molecule has 0 spiro atoms. The number of aromatic nitrogens is 2. The van der Waals surface area contributed by atoms with Crippen LogP contribution in [-0.2, 0) is 11.2 Å². The van der Waals surface area contributed by atoms with Gasteiger partial charge in [0, 0.05) is 26.2 Å². The van der Waals surface area contributed by atoms with Crippen molar-refractivity contribution in [3.63, 3.8) is 0 Å². The third-order valence-corrected chi connectivity index (χ3v) is 5.44. The van der Waals surface area contributed by atoms with Crippen molar-refractivity contribution in [1.82, 2.24) is 14.9 Å². The van der Waals surface area contributed by atoms with Crippen LogP contribution < -0.4 is 4.90 Å². The van der Waals surface area contributed by atoms with E-state index in [0.29, 0.717) is 30.1 Å². The number of halogens is 1. The SMILES string of the molecule is CCc1ncnc(N2CCC(CCN3CC(C)OC(C)C3)CC2)c1F. The van der Waals surface area contributed by atoms with E-state index in [1.165, 1.54) is 12.7 Å². The van der Waals surface area contributed by atoms with Crippen molar-refractivity contribution in [1.29, 1.82) is 0 Å². The van der Waals surface area contributed by atoms with Gasteiger partial charge in [-0.2, -0.15) is 0 Å². The van der Waals surface area contributed by atoms with E-state index < -0.39 is 0 Å². The summed E-state index contributed by atoms with van der Waals surface area (Å²) in [5.41, 5.74) is 0.516. The summed E-state index contributed by atoms with van der Waals surface area (Å²) in [6.45, 7) is 11.2. The second-order valence-electron chi connectivity index (χ2n) is 7.55. The number of hydrogen-bond acceptors (Lipinski definition) is 5. The van der Waals surface area contributed by atoms with E-state index in [1.54, 1.807) is 0 Å². The van der Waals surface area contributed by atoms with Crippen molar-refractivity contribution in [3.8, 4) is 0 Å². The van der Waals surface area contributed by atoms with Gasteiger partial charge in [-0.25, -0.2) is 14.4 Å². The van der Waals surface area contributed by atoms with Gasteiger partial charge in [0.15, 0.2) is 11.6 Å². The van der Waals surface area contributed by atoms with E-state index in [-0.39, 0.29) is 5.82 Å². The number of nitrogens with zero attached hydrogens (tertiary/aromatic N) is 4. The van der Waals surface area contributed by atoms with Crippen molar-refractivity contribution in [2.45, 2.75) is 58.7 Å². The van der Waals surface area contributed by atoms with Crippen molar-refractivity contribution in [3.05, 3.63) is 17.8 Å². The summed E-state index contributed by atoms with van der Waals surface area (Å²) in [7, 11) is 0. The average molecular weight is 350 g/mol. The topological polar surface area (TPSA) is 41.5 Å². The molecule has 5 nitrogen and oxygen atoms in total. The summed E-state index contributed by atoms with van der Waals surface area (Å²) in [6, 6.07) is 0. The molecule has 0 aromatic carbocycles. The van der Waals surface area contributed by atoms with E-state index in [1.807, 2.05) is 6.92 Å². The molecule has 25 heavy (non-hydrogen) atoms. The maximum Gasteiger partial charge on any atom is 0.187 e. The van der Waals surface area contributed by atoms with E-state index in [0.717, 1.165) is 51.5 Å². The summed E-state index contributed by atoms with van der Waals surface area (Å²) in [6.07, 6.45) is 6.21. The predicted octanol–water partition coefficient (Wildman–Crippen LogP) is 2.89. The zero-order valence-corrected chi connectivity index (χ0v) is 15.7. The number of aryl methyl sites for hydroxylation is 1. The lowest BCUT2D eigenvalue weighted by atomic mass is 9.93. The molecule has 2 fully saturated rings. The Hall–Kier alpha value is -1.27. The highest BCUT2D eigenvalue weighted by Gasteiger charge is 2.26. The van der Waals surface area contributed by atoms with Gasteiger partial charge in [0.1, 0.15) is 6.33 Å². The van der Waals surface area contributed by atoms with Gasteiger partial charge in [-0.3, -0.25) is 4.90 Å². The molecule has 1 aromatic heterocycles. The maximum absolute atomic E-state index is 14.4. The summed E-state index contributed by atoms with van der Waals surface area (Å²) in [5.74, 6) is 0.973. The summed E-state index contributed by atoms with van der Waals surface area (Å²) >= 11 is 0. The Labute approximate surface area is 150 Å². The van der Waals surface area contributed by atoms with Crippen LogP contribution >= 0.6 is 0 Å². The highest BCUT2D eigenvalue weighted by molar-refractivity contribution is 5.41. The third kappa shape index (κ3) is 4.67. The van der Waals surface area contributed by atoms with Gasteiger partial charge in [0.05, 0.1) is 17.9 Å². The van der Waals surface area contributed by atoms with Crippen molar-refractivity contribution < 1.29 is 9.13 Å². The van der Waals surface area contributed by atoms with E-state index >= 15 is 0 Å². The van der Waals surface area contributed by atoms with Gasteiger partial charge in [0.2, 0.25) is 0 Å². The van der Waals surface area contributed by atoms with E-state index in [2.05, 4.69) is 33.6 Å². The molecule has 0 N–H and O–H groups in total. The first kappa shape index (κ1) is 18.5. The largest absolute Gasteiger partial charge is 0.373 e. The molecule has 0 radical (unpaired) electrons. The van der Waals surface area contributed by atoms with Gasteiger partial charge in [-0.15, -0.1) is 0 Å². The molecule has 2 aliphatic rings. The molecule has 2 aliphatic heterocycles. The lowest BCUT2D eigenvalue weighted by molar-refractivity contribution is -0.0690. The zero-order chi connectivity index (χ0) is 17.8. The fraction of sp³-hybridized carbons (Fsp3) is 0.789. The molecule has 0 bridgehead atoms. The van der Waals surface area contributed by atoms with Gasteiger partial charge >= 0.3 is 0 Å². The number of piperidine rings is 1. The number of anilines is 1. The van der Waals surface area contributed by atoms with E-state index in [4.69, 9.17) is 4.74 Å². The van der Waals surface area contributed by atoms with Crippen molar-refractivity contribution in [2.75, 3.05) is 37.6 Å². The standard InChI is InChI=1S/C19H31FN4O/c1-4-17-18(20)19(22-13-21-17)24-9-6-16(7-10-24)5-8-23-11-14(2)25-15(3)12-23/h13-16H,4-12H2,1-3H3. The summed E-state index contributed by atoms with van der Waals surface area (Å²) in [5, 5.41) is 0. The zero-order valence-electron chi connectivity index (χ0n) is 15.7. The molecule has 3 rings (SSSR count). The molecule has 2 atom stereocenters. The first-order chi connectivity index (χ1) is 12.1. The highest BCUT2D eigenvalue weighted by atomic mass is 19.1. The highest BCUT2D eigenvalue weighted by Crippen LogP contribution is 2.27. The Morgan fingerprint density at radius 3 is 2.48 bits per heavy atom. The molecule has 0 aliphatic carbocycles. The Morgan fingerprint density at radius 2 is 1.84 bits per heavy atom. The van der Waals surface area contributed by atoms with Gasteiger partial charge in [0.25, 0.3) is 0 Å². The van der Waals surface area contributed by atoms with Crippen LogP contribution in [0.25, 0.3) is 0 Å². The average Bonchev–Trinajstić information content (AvgIpc) is 2.60. The molecule has 2 saturated heterocycles. The second kappa shape index (κ2) is 8.41. The first-order valence-electron chi connectivity index (χ1n) is 9.69. The summed E-state index contributed by atoms with van der Waals surface area (Å²) < 4.78 is 20.2. The Bertz CT molecular complexity index is 552. The predicted molar refractivity (Wildman–Crippen MR) is 97.4 cm³/mol. The molecule has 0 saturated carbocycles. The number of morpholine rings is 1. The fourth-order valence-electron chi connectivity index (χ4n) is 4.13. The second-order valence-corrected chi connectivity index (χ2v) is 7.55. The maximum atomic E-state index is 14.4. The van der Waals surface area contributed by atoms with Crippen LogP contribution in [0.4, 0.5) is 10.2 Å². The first-order valence-corrected chi connectivity index (χ1v) is 9.69. The van der Waals surface area contributed by atoms with Crippen molar-refractivity contribution >= 4 is 5.82 Å². The number of ether oxygens (including phenoxy) is 1. The molecule has 6 heteroatoms. The van der Waals surface area contributed by atoms with Crippen LogP contribution in [0.2, 0.25) is 0 Å². The molecule has 2 unspecified atom stereocenters. The smallest absolute Gasteiger partial charge is 0.187 e. The monoisotopic (exact) mass is 350 g/mol. The molecule has 1 aromatic rings. The van der Waals surface area contributed by atoms with Crippen LogP contribution in [0.5, 0.6) is 0 Å². The molecular weight excluding hydrogens is 319 g/mol. The minimum absolute atomic E-state index is 0.236. The lowest BCUT2D eigenvalue weighted by Gasteiger charge is -2.37. The van der Waals surface area contributed by atoms with Crippen LogP contribution in [-0.4, -0.2) is 59.8 Å². The number of rotatable bonds is 5. The van der Waals surface area contributed by atoms with Gasteiger partial charge in [-0.1, -0.05) is 6.92 Å². The third-order valence-electron chi connectivity index (χ3n) is 5.44. The van der Waals surface area contributed by atoms with Crippen LogP contribution in [0.3, 0.4) is 0 Å². The molecular formula is C19H31FN4O. The van der Waals surface area contributed by atoms with Gasteiger partial charge < -0.3 is 9.64 Å². The Kier molecular flexibility index (Phi) is 6.23. The summed E-state index contributed by atoms with van der Waals surface area (Å²) in [4.78, 5) is 12.8. The quantitative estimate of drug-likeness (QED) is 0.817. The van der Waals surface area contributed by atoms with Crippen LogP contribution in [0, 0.1) is 11.7 Å². The normalized spacial score (nSPS) is 26.2. The minimum atomic E-state index is -0.236. The Morgan fingerprint density at radius 1 is 1.16 bits per heavy atom. The molecule has 0 amide bonds. The molecule has 140 valence electrons. The fourth-order valence-corrected chi connectivity index (χ4v) is 4.13. The Balaban J connectivity index is 1.47. The molecule has 3 heterocycles. The van der Waals surface area contributed by atoms with Gasteiger partial charge in [-0.05, 0) is 52.0 Å². The van der Waals surface area contributed by atoms with E-state index in [9.17, 15) is 4.39 Å². The lowest BCUT2D eigenvalue weighted by Crippen LogP contribution is -2.46. The number of hydrogen-bond donors (Lipinski definition) is 0. The minimum Gasteiger partial charge on any atom is -0.373 e. The van der Waals surface area contributed by atoms with Crippen LogP contribution in [0.15, 0.2) is 6.33 Å². The van der Waals surface area contributed by atoms with Crippen LogP contribution in [0.1, 0.15) is 45.7 Å². The van der Waals surface area contributed by atoms with Crippen molar-refractivity contribution in [2.24, 2.45) is 5.92 Å².